The maximum absolute atomic E-state index is 12.7. The lowest BCUT2D eigenvalue weighted by Gasteiger charge is -2.31. The van der Waals surface area contributed by atoms with Gasteiger partial charge in [-0.1, -0.05) is 25.0 Å². The molecule has 204 valence electrons. The van der Waals surface area contributed by atoms with Crippen LogP contribution in [-0.4, -0.2) is 71.7 Å². The molecule has 0 radical (unpaired) electrons. The van der Waals surface area contributed by atoms with Crippen LogP contribution in [0.25, 0.3) is 0 Å². The number of aliphatic hydroxyl groups excluding tert-OH is 2. The number of hydrogen-bond donors (Lipinski definition) is 2. The van der Waals surface area contributed by atoms with Crippen LogP contribution in [0.2, 0.25) is 0 Å². The second-order valence-corrected chi connectivity index (χ2v) is 10.6. The summed E-state index contributed by atoms with van der Waals surface area (Å²) in [7, 11) is 0. The second-order valence-electron chi connectivity index (χ2n) is 10.6. The van der Waals surface area contributed by atoms with Crippen molar-refractivity contribution in [3.05, 3.63) is 12.2 Å². The maximum atomic E-state index is 12.7. The summed E-state index contributed by atoms with van der Waals surface area (Å²) in [6.07, 6.45) is 4.69. The van der Waals surface area contributed by atoms with E-state index in [1.807, 2.05) is 0 Å². The lowest BCUT2D eigenvalue weighted by atomic mass is 9.79. The van der Waals surface area contributed by atoms with E-state index in [4.69, 9.17) is 18.9 Å². The molecule has 0 saturated heterocycles. The number of aliphatic hydroxyl groups is 2. The highest BCUT2D eigenvalue weighted by atomic mass is 16.6. The number of hydrogen-bond acceptors (Lipinski definition) is 10. The van der Waals surface area contributed by atoms with E-state index in [9.17, 15) is 29.4 Å². The van der Waals surface area contributed by atoms with E-state index in [2.05, 4.69) is 0 Å². The lowest BCUT2D eigenvalue weighted by molar-refractivity contribution is -0.172. The van der Waals surface area contributed by atoms with Crippen LogP contribution in [0.1, 0.15) is 66.2 Å². The van der Waals surface area contributed by atoms with Crippen LogP contribution in [0.5, 0.6) is 0 Å². The van der Waals surface area contributed by atoms with Gasteiger partial charge in [0.1, 0.15) is 31.5 Å². The molecule has 10 heteroatoms. The van der Waals surface area contributed by atoms with Crippen LogP contribution in [0.3, 0.4) is 0 Å². The fraction of sp³-hybridized carbons (Fsp3) is 0.769. The van der Waals surface area contributed by atoms with Gasteiger partial charge in [-0.25, -0.2) is 0 Å². The Balaban J connectivity index is 1.83. The number of rotatable bonds is 10. The van der Waals surface area contributed by atoms with E-state index in [1.165, 1.54) is 6.92 Å². The van der Waals surface area contributed by atoms with Gasteiger partial charge >= 0.3 is 23.9 Å². The summed E-state index contributed by atoms with van der Waals surface area (Å²) >= 11 is 0. The molecular weight excluding hydrogens is 472 g/mol. The predicted octanol–water partition coefficient (Wildman–Crippen LogP) is 2.09. The van der Waals surface area contributed by atoms with Gasteiger partial charge in [0.05, 0.1) is 29.8 Å². The molecule has 0 amide bonds. The Bertz CT molecular complexity index is 797. The number of allylic oxidation sites excluding steroid dienone is 2. The molecule has 1 fully saturated rings. The first-order valence-electron chi connectivity index (χ1n) is 12.6. The topological polar surface area (TPSA) is 146 Å². The van der Waals surface area contributed by atoms with Crippen molar-refractivity contribution in [2.45, 2.75) is 84.0 Å². The monoisotopic (exact) mass is 512 g/mol. The zero-order valence-electron chi connectivity index (χ0n) is 21.6. The van der Waals surface area contributed by atoms with Gasteiger partial charge in [-0.2, -0.15) is 0 Å². The van der Waals surface area contributed by atoms with Crippen LogP contribution < -0.4 is 0 Å². The minimum absolute atomic E-state index is 0.166. The third kappa shape index (κ3) is 9.54. The number of carbonyl (C=O) groups is 4. The Kier molecular flexibility index (Phi) is 11.4. The number of ether oxygens (including phenoxy) is 4. The van der Waals surface area contributed by atoms with Crippen molar-refractivity contribution in [3.63, 3.8) is 0 Å². The minimum atomic E-state index is -1.26. The molecule has 2 aliphatic rings. The summed E-state index contributed by atoms with van der Waals surface area (Å²) < 4.78 is 21.0. The first-order chi connectivity index (χ1) is 16.9. The van der Waals surface area contributed by atoms with Crippen molar-refractivity contribution in [1.29, 1.82) is 0 Å². The summed E-state index contributed by atoms with van der Waals surface area (Å²) in [6, 6.07) is 0. The first kappa shape index (κ1) is 29.8. The minimum Gasteiger partial charge on any atom is -0.463 e. The van der Waals surface area contributed by atoms with Crippen molar-refractivity contribution in [2.24, 2.45) is 23.7 Å². The summed E-state index contributed by atoms with van der Waals surface area (Å²) in [5.41, 5.74) is -0.663. The van der Waals surface area contributed by atoms with E-state index >= 15 is 0 Å². The van der Waals surface area contributed by atoms with Gasteiger partial charge in [0, 0.05) is 0 Å². The van der Waals surface area contributed by atoms with Crippen LogP contribution >= 0.6 is 0 Å². The molecule has 0 aliphatic heterocycles. The second kappa shape index (κ2) is 13.7. The van der Waals surface area contributed by atoms with E-state index in [-0.39, 0.29) is 13.0 Å². The highest BCUT2D eigenvalue weighted by Crippen LogP contribution is 2.33. The Labute approximate surface area is 212 Å². The van der Waals surface area contributed by atoms with Crippen LogP contribution in [-0.2, 0) is 38.1 Å². The molecule has 1 saturated carbocycles. The zero-order chi connectivity index (χ0) is 26.9. The van der Waals surface area contributed by atoms with E-state index in [0.29, 0.717) is 19.3 Å². The van der Waals surface area contributed by atoms with Crippen molar-refractivity contribution in [1.82, 2.24) is 0 Å². The summed E-state index contributed by atoms with van der Waals surface area (Å²) in [6.45, 7) is 5.81. The van der Waals surface area contributed by atoms with Crippen molar-refractivity contribution in [2.75, 3.05) is 19.8 Å². The summed E-state index contributed by atoms with van der Waals surface area (Å²) in [4.78, 5) is 50.1. The van der Waals surface area contributed by atoms with Gasteiger partial charge in [-0.3, -0.25) is 19.2 Å². The maximum Gasteiger partial charge on any atom is 0.310 e. The molecule has 2 aliphatic carbocycles. The normalized spacial score (nSPS) is 25.8. The Morgan fingerprint density at radius 2 is 1.17 bits per heavy atom. The molecular formula is C26H40O10. The Morgan fingerprint density at radius 1 is 0.750 bits per heavy atom. The van der Waals surface area contributed by atoms with Crippen LogP contribution in [0, 0.1) is 23.7 Å². The van der Waals surface area contributed by atoms with Gasteiger partial charge in [0.15, 0.2) is 0 Å². The standard InChI is InChI=1S/C26H40O10/c1-16(27)13-33-22(29)18-9-5-6-10-19(18)23(30)34-14-17(28)15-35-24(31)20-11-7-8-12-21(20)25(32)36-26(2,3)4/h5-6,16-21,27-28H,7-15H2,1-4H3. The number of esters is 4. The summed E-state index contributed by atoms with van der Waals surface area (Å²) in [5, 5.41) is 19.5. The lowest BCUT2D eigenvalue weighted by Crippen LogP contribution is -2.39. The predicted molar refractivity (Wildman–Crippen MR) is 127 cm³/mol. The number of carbonyl (C=O) groups excluding carboxylic acids is 4. The summed E-state index contributed by atoms with van der Waals surface area (Å²) in [5.74, 6) is -5.04. The smallest absolute Gasteiger partial charge is 0.310 e. The van der Waals surface area contributed by atoms with E-state index in [0.717, 1.165) is 12.8 Å². The van der Waals surface area contributed by atoms with Gasteiger partial charge in [0.25, 0.3) is 0 Å². The van der Waals surface area contributed by atoms with Crippen molar-refractivity contribution in [3.8, 4) is 0 Å². The third-order valence-electron chi connectivity index (χ3n) is 6.12. The van der Waals surface area contributed by atoms with Gasteiger partial charge in [0.2, 0.25) is 0 Å². The Morgan fingerprint density at radius 3 is 1.61 bits per heavy atom. The largest absolute Gasteiger partial charge is 0.463 e. The van der Waals surface area contributed by atoms with Crippen LogP contribution in [0.4, 0.5) is 0 Å². The highest BCUT2D eigenvalue weighted by molar-refractivity contribution is 5.83. The zero-order valence-corrected chi connectivity index (χ0v) is 21.6. The molecule has 0 aromatic rings. The molecule has 0 heterocycles. The van der Waals surface area contributed by atoms with Crippen molar-refractivity contribution >= 4 is 23.9 Å². The van der Waals surface area contributed by atoms with Gasteiger partial charge in [-0.15, -0.1) is 0 Å². The van der Waals surface area contributed by atoms with Crippen LogP contribution in [0.15, 0.2) is 12.2 Å². The Hall–Kier alpha value is -2.46. The molecule has 36 heavy (non-hydrogen) atoms. The van der Waals surface area contributed by atoms with E-state index < -0.39 is 78.6 Å². The van der Waals surface area contributed by atoms with Gasteiger partial charge < -0.3 is 29.2 Å². The molecule has 0 aromatic heterocycles. The molecule has 10 nitrogen and oxygen atoms in total. The van der Waals surface area contributed by atoms with Crippen molar-refractivity contribution < 1.29 is 48.3 Å². The third-order valence-corrected chi connectivity index (χ3v) is 6.12. The highest BCUT2D eigenvalue weighted by Gasteiger charge is 2.40. The van der Waals surface area contributed by atoms with Gasteiger partial charge in [-0.05, 0) is 53.4 Å². The first-order valence-corrected chi connectivity index (χ1v) is 12.6. The molecule has 6 unspecified atom stereocenters. The molecule has 2 N–H and O–H groups in total. The fourth-order valence-electron chi connectivity index (χ4n) is 4.34. The average molecular weight is 513 g/mol. The molecule has 6 atom stereocenters. The fourth-order valence-corrected chi connectivity index (χ4v) is 4.34. The molecule has 2 rings (SSSR count). The average Bonchev–Trinajstić information content (AvgIpc) is 2.83. The SMILES string of the molecule is CC(O)COC(=O)C1CC=CCC1C(=O)OCC(O)COC(=O)C1CCCCC1C(=O)OC(C)(C)C. The molecule has 0 spiro atoms. The molecule has 0 aromatic carbocycles. The quantitative estimate of drug-likeness (QED) is 0.253. The van der Waals surface area contributed by atoms with E-state index in [1.54, 1.807) is 32.9 Å². The molecule has 0 bridgehead atoms.